The third kappa shape index (κ3) is 1.97. The van der Waals surface area contributed by atoms with Crippen LogP contribution in [-0.2, 0) is 0 Å². The van der Waals surface area contributed by atoms with Crippen molar-refractivity contribution in [2.45, 2.75) is 0 Å². The highest BCUT2D eigenvalue weighted by Crippen LogP contribution is 2.21. The second-order valence-electron chi connectivity index (χ2n) is 3.66. The molecule has 2 aromatic heterocycles. The molecule has 0 fully saturated rings. The van der Waals surface area contributed by atoms with E-state index in [2.05, 4.69) is 21.0 Å². The molecule has 0 aliphatic carbocycles. The minimum atomic E-state index is 0.252. The number of para-hydroxylation sites is 1. The van der Waals surface area contributed by atoms with E-state index in [0.29, 0.717) is 0 Å². The molecule has 3 rings (SSSR count). The summed E-state index contributed by atoms with van der Waals surface area (Å²) in [6.07, 6.45) is 5.21. The quantitative estimate of drug-likeness (QED) is 0.614. The number of nitrogens with zero attached hydrogens (tertiary/aromatic N) is 3. The maximum Gasteiger partial charge on any atom is 0.222 e. The van der Waals surface area contributed by atoms with Gasteiger partial charge < -0.3 is 0 Å². The van der Waals surface area contributed by atoms with E-state index in [0.717, 1.165) is 22.0 Å². The van der Waals surface area contributed by atoms with Gasteiger partial charge in [-0.15, -0.1) is 0 Å². The molecule has 0 saturated carbocycles. The summed E-state index contributed by atoms with van der Waals surface area (Å²) in [5, 5.41) is 1.35. The summed E-state index contributed by atoms with van der Waals surface area (Å²) in [5.74, 6) is 0. The molecular formula is C13H8ClN3. The summed E-state index contributed by atoms with van der Waals surface area (Å²) < 4.78 is 0. The van der Waals surface area contributed by atoms with Gasteiger partial charge in [-0.3, -0.25) is 4.98 Å². The summed E-state index contributed by atoms with van der Waals surface area (Å²) in [6.45, 7) is 0. The van der Waals surface area contributed by atoms with E-state index in [1.807, 2.05) is 30.5 Å². The Bertz CT molecular complexity index is 665. The van der Waals surface area contributed by atoms with Crippen LogP contribution in [0.25, 0.3) is 22.0 Å². The van der Waals surface area contributed by atoms with Crippen LogP contribution in [0, 0.1) is 0 Å². The lowest BCUT2D eigenvalue weighted by molar-refractivity contribution is 1.17. The summed E-state index contributed by atoms with van der Waals surface area (Å²) in [4.78, 5) is 12.3. The number of halogens is 1. The highest BCUT2D eigenvalue weighted by Gasteiger charge is 2.01. The molecule has 3 aromatic rings. The lowest BCUT2D eigenvalue weighted by Gasteiger charge is -2.02. The van der Waals surface area contributed by atoms with Crippen LogP contribution in [0.2, 0.25) is 5.28 Å². The topological polar surface area (TPSA) is 38.7 Å². The van der Waals surface area contributed by atoms with Crippen molar-refractivity contribution >= 4 is 22.5 Å². The molecule has 0 saturated heterocycles. The van der Waals surface area contributed by atoms with Crippen LogP contribution in [-0.4, -0.2) is 15.0 Å². The first-order valence-electron chi connectivity index (χ1n) is 5.16. The Morgan fingerprint density at radius 3 is 2.35 bits per heavy atom. The molecule has 0 aliphatic heterocycles. The molecule has 0 radical (unpaired) electrons. The monoisotopic (exact) mass is 241 g/mol. The summed E-state index contributed by atoms with van der Waals surface area (Å²) >= 11 is 5.66. The average Bonchev–Trinajstić information content (AvgIpc) is 2.39. The predicted octanol–water partition coefficient (Wildman–Crippen LogP) is 3.35. The van der Waals surface area contributed by atoms with Gasteiger partial charge in [-0.05, 0) is 23.7 Å². The van der Waals surface area contributed by atoms with Crippen molar-refractivity contribution in [3.63, 3.8) is 0 Å². The number of benzene rings is 1. The fraction of sp³-hybridized carbons (Fsp3) is 0. The molecule has 3 nitrogen and oxygen atoms in total. The van der Waals surface area contributed by atoms with E-state index in [1.54, 1.807) is 12.4 Å². The van der Waals surface area contributed by atoms with E-state index in [9.17, 15) is 0 Å². The van der Waals surface area contributed by atoms with Crippen LogP contribution in [0.3, 0.4) is 0 Å². The molecular weight excluding hydrogens is 234 g/mol. The van der Waals surface area contributed by atoms with Gasteiger partial charge >= 0.3 is 0 Å². The Kier molecular flexibility index (Phi) is 2.46. The Morgan fingerprint density at radius 2 is 1.53 bits per heavy atom. The van der Waals surface area contributed by atoms with Gasteiger partial charge in [0.1, 0.15) is 0 Å². The smallest absolute Gasteiger partial charge is 0.222 e. The standard InChI is InChI=1S/C13H8ClN3/c14-13-16-7-11(8-17-13)10-5-9-3-1-2-4-12(9)15-6-10/h1-8H. The first kappa shape index (κ1) is 10.2. The van der Waals surface area contributed by atoms with Crippen molar-refractivity contribution in [2.75, 3.05) is 0 Å². The molecule has 1 aromatic carbocycles. The summed E-state index contributed by atoms with van der Waals surface area (Å²) in [6, 6.07) is 10.0. The van der Waals surface area contributed by atoms with Gasteiger partial charge in [0.2, 0.25) is 5.28 Å². The summed E-state index contributed by atoms with van der Waals surface area (Å²) in [5.41, 5.74) is 2.87. The van der Waals surface area contributed by atoms with Crippen molar-refractivity contribution in [3.8, 4) is 11.1 Å². The Balaban J connectivity index is 2.14. The molecule has 0 N–H and O–H groups in total. The molecule has 2 heterocycles. The van der Waals surface area contributed by atoms with Crippen LogP contribution >= 0.6 is 11.6 Å². The maximum absolute atomic E-state index is 5.66. The second-order valence-corrected chi connectivity index (χ2v) is 4.00. The number of hydrogen-bond acceptors (Lipinski definition) is 3. The Morgan fingerprint density at radius 1 is 0.824 bits per heavy atom. The number of aromatic nitrogens is 3. The van der Waals surface area contributed by atoms with Crippen molar-refractivity contribution in [3.05, 3.63) is 54.2 Å². The number of fused-ring (bicyclic) bond motifs is 1. The van der Waals surface area contributed by atoms with Crippen LogP contribution in [0.5, 0.6) is 0 Å². The molecule has 0 bridgehead atoms. The third-order valence-electron chi connectivity index (χ3n) is 2.54. The third-order valence-corrected chi connectivity index (χ3v) is 2.74. The molecule has 0 atom stereocenters. The lowest BCUT2D eigenvalue weighted by Crippen LogP contribution is -1.86. The maximum atomic E-state index is 5.66. The molecule has 17 heavy (non-hydrogen) atoms. The van der Waals surface area contributed by atoms with E-state index in [1.165, 1.54) is 0 Å². The average molecular weight is 242 g/mol. The predicted molar refractivity (Wildman–Crippen MR) is 67.8 cm³/mol. The molecule has 82 valence electrons. The number of rotatable bonds is 1. The van der Waals surface area contributed by atoms with Gasteiger partial charge in [-0.1, -0.05) is 18.2 Å². The van der Waals surface area contributed by atoms with Crippen LogP contribution in [0.15, 0.2) is 48.9 Å². The minimum absolute atomic E-state index is 0.252. The van der Waals surface area contributed by atoms with Gasteiger partial charge in [-0.2, -0.15) is 0 Å². The largest absolute Gasteiger partial charge is 0.256 e. The van der Waals surface area contributed by atoms with Gasteiger partial charge in [0.05, 0.1) is 5.52 Å². The van der Waals surface area contributed by atoms with Crippen molar-refractivity contribution in [1.29, 1.82) is 0 Å². The lowest BCUT2D eigenvalue weighted by atomic mass is 10.1. The molecule has 0 amide bonds. The SMILES string of the molecule is Clc1ncc(-c2cnc3ccccc3c2)cn1. The highest BCUT2D eigenvalue weighted by atomic mass is 35.5. The van der Waals surface area contributed by atoms with E-state index in [-0.39, 0.29) is 5.28 Å². The second kappa shape index (κ2) is 4.11. The van der Waals surface area contributed by atoms with Gasteiger partial charge in [0.15, 0.2) is 0 Å². The van der Waals surface area contributed by atoms with E-state index >= 15 is 0 Å². The summed E-state index contributed by atoms with van der Waals surface area (Å²) in [7, 11) is 0. The van der Waals surface area contributed by atoms with Crippen molar-refractivity contribution < 1.29 is 0 Å². The van der Waals surface area contributed by atoms with Gasteiger partial charge in [0.25, 0.3) is 0 Å². The minimum Gasteiger partial charge on any atom is -0.256 e. The number of hydrogen-bond donors (Lipinski definition) is 0. The van der Waals surface area contributed by atoms with E-state index in [4.69, 9.17) is 11.6 Å². The zero-order valence-electron chi connectivity index (χ0n) is 8.84. The van der Waals surface area contributed by atoms with Gasteiger partial charge in [0, 0.05) is 35.1 Å². The highest BCUT2D eigenvalue weighted by molar-refractivity contribution is 6.28. The fourth-order valence-electron chi connectivity index (χ4n) is 1.69. The zero-order chi connectivity index (χ0) is 11.7. The van der Waals surface area contributed by atoms with Crippen molar-refractivity contribution in [1.82, 2.24) is 15.0 Å². The van der Waals surface area contributed by atoms with Crippen LogP contribution in [0.4, 0.5) is 0 Å². The fourth-order valence-corrected chi connectivity index (χ4v) is 1.79. The van der Waals surface area contributed by atoms with Crippen molar-refractivity contribution in [2.24, 2.45) is 0 Å². The molecule has 0 unspecified atom stereocenters. The first-order chi connectivity index (χ1) is 8.33. The molecule has 4 heteroatoms. The van der Waals surface area contributed by atoms with E-state index < -0.39 is 0 Å². The molecule has 0 spiro atoms. The number of pyridine rings is 1. The van der Waals surface area contributed by atoms with Crippen LogP contribution < -0.4 is 0 Å². The Labute approximate surface area is 103 Å². The van der Waals surface area contributed by atoms with Gasteiger partial charge in [-0.25, -0.2) is 9.97 Å². The Hall–Kier alpha value is -2.00. The van der Waals surface area contributed by atoms with Crippen LogP contribution in [0.1, 0.15) is 0 Å². The normalized spacial score (nSPS) is 10.6. The molecule has 0 aliphatic rings. The first-order valence-corrected chi connectivity index (χ1v) is 5.53. The zero-order valence-corrected chi connectivity index (χ0v) is 9.59.